The molecule has 1 amide bonds. The zero-order valence-electron chi connectivity index (χ0n) is 19.2. The minimum atomic E-state index is -3.79. The van der Waals surface area contributed by atoms with E-state index in [4.69, 9.17) is 4.74 Å². The van der Waals surface area contributed by atoms with Crippen LogP contribution in [-0.2, 0) is 10.0 Å². The summed E-state index contributed by atoms with van der Waals surface area (Å²) in [4.78, 5) is 16.8. The van der Waals surface area contributed by atoms with Crippen LogP contribution in [0.1, 0.15) is 31.1 Å². The van der Waals surface area contributed by atoms with Crippen LogP contribution in [0, 0.1) is 17.2 Å². The van der Waals surface area contributed by atoms with E-state index in [-0.39, 0.29) is 22.8 Å². The number of carbonyl (C=O) groups excluding carboxylic acids is 1. The largest absolute Gasteiger partial charge is 0.494 e. The summed E-state index contributed by atoms with van der Waals surface area (Å²) in [6.45, 7) is 8.79. The van der Waals surface area contributed by atoms with E-state index in [9.17, 15) is 18.5 Å². The van der Waals surface area contributed by atoms with E-state index in [1.54, 1.807) is 29.2 Å². The molecule has 33 heavy (non-hydrogen) atoms. The molecule has 0 aromatic heterocycles. The number of carbonyl (C=O) groups is 1. The van der Waals surface area contributed by atoms with Crippen LogP contribution >= 0.6 is 0 Å². The minimum Gasteiger partial charge on any atom is -0.494 e. The molecule has 1 saturated heterocycles. The molecule has 176 valence electrons. The fourth-order valence-corrected chi connectivity index (χ4v) is 4.87. The lowest BCUT2D eigenvalue weighted by atomic mass is 10.0. The third-order valence-electron chi connectivity index (χ3n) is 5.59. The molecule has 1 fully saturated rings. The van der Waals surface area contributed by atoms with E-state index in [0.29, 0.717) is 49.8 Å². The van der Waals surface area contributed by atoms with Crippen molar-refractivity contribution < 1.29 is 17.9 Å². The average molecular weight is 471 g/mol. The van der Waals surface area contributed by atoms with Gasteiger partial charge < -0.3 is 9.64 Å². The van der Waals surface area contributed by atoms with Gasteiger partial charge >= 0.3 is 0 Å². The van der Waals surface area contributed by atoms with E-state index >= 15 is 0 Å². The van der Waals surface area contributed by atoms with Crippen LogP contribution in [0.15, 0.2) is 53.4 Å². The molecular weight excluding hydrogens is 440 g/mol. The molecule has 1 N–H and O–H groups in total. The zero-order valence-corrected chi connectivity index (χ0v) is 20.0. The summed E-state index contributed by atoms with van der Waals surface area (Å²) in [5.41, 5.74) is 0.859. The molecule has 3 rings (SSSR count). The maximum atomic E-state index is 12.9. The molecule has 0 bridgehead atoms. The van der Waals surface area contributed by atoms with Gasteiger partial charge in [-0.3, -0.25) is 14.4 Å². The van der Waals surface area contributed by atoms with Crippen molar-refractivity contribution in [3.63, 3.8) is 0 Å². The highest BCUT2D eigenvalue weighted by molar-refractivity contribution is 7.92. The summed E-state index contributed by atoms with van der Waals surface area (Å²) >= 11 is 0. The van der Waals surface area contributed by atoms with Crippen molar-refractivity contribution in [1.82, 2.24) is 9.80 Å². The van der Waals surface area contributed by atoms with Gasteiger partial charge in [0.15, 0.2) is 0 Å². The molecule has 2 aromatic rings. The summed E-state index contributed by atoms with van der Waals surface area (Å²) in [5.74, 6) is 0.746. The number of rotatable bonds is 8. The van der Waals surface area contributed by atoms with Crippen molar-refractivity contribution in [3.8, 4) is 11.8 Å². The van der Waals surface area contributed by atoms with E-state index in [1.165, 1.54) is 24.3 Å². The lowest BCUT2D eigenvalue weighted by Gasteiger charge is -2.38. The molecule has 0 spiro atoms. The molecule has 2 aromatic carbocycles. The molecule has 8 nitrogen and oxygen atoms in total. The van der Waals surface area contributed by atoms with Gasteiger partial charge in [0, 0.05) is 37.4 Å². The van der Waals surface area contributed by atoms with Crippen LogP contribution < -0.4 is 9.46 Å². The van der Waals surface area contributed by atoms with E-state index in [0.717, 1.165) is 0 Å². The maximum Gasteiger partial charge on any atom is 0.261 e. The number of benzene rings is 2. The highest BCUT2D eigenvalue weighted by atomic mass is 32.2. The fraction of sp³-hybridized carbons (Fsp3) is 0.417. The smallest absolute Gasteiger partial charge is 0.261 e. The third-order valence-corrected chi connectivity index (χ3v) is 6.98. The molecule has 0 radical (unpaired) electrons. The summed E-state index contributed by atoms with van der Waals surface area (Å²) in [7, 11) is -3.79. The Bertz CT molecular complexity index is 1080. The van der Waals surface area contributed by atoms with Gasteiger partial charge in [0.25, 0.3) is 15.9 Å². The van der Waals surface area contributed by atoms with E-state index in [2.05, 4.69) is 15.7 Å². The molecule has 1 aliphatic heterocycles. The van der Waals surface area contributed by atoms with Crippen LogP contribution in [0.3, 0.4) is 0 Å². The standard InChI is InChI=1S/C24H30N4O4S/c1-4-32-21-9-7-20(8-10-21)26-33(30,31)22-11-5-19(6-12-22)24(29)28-15-13-27(14-16-28)23(17-25)18(2)3/h5-12,18,23,26H,4,13-16H2,1-3H3. The molecule has 9 heteroatoms. The Labute approximate surface area is 195 Å². The minimum absolute atomic E-state index is 0.0755. The van der Waals surface area contributed by atoms with Gasteiger partial charge in [-0.2, -0.15) is 5.26 Å². The predicted octanol–water partition coefficient (Wildman–Crippen LogP) is 3.19. The number of nitriles is 1. The highest BCUT2D eigenvalue weighted by Gasteiger charge is 2.28. The van der Waals surface area contributed by atoms with Gasteiger partial charge in [-0.15, -0.1) is 0 Å². The first-order valence-electron chi connectivity index (χ1n) is 11.0. The fourth-order valence-electron chi connectivity index (χ4n) is 3.81. The van der Waals surface area contributed by atoms with Gasteiger partial charge in [-0.25, -0.2) is 8.42 Å². The van der Waals surface area contributed by atoms with E-state index in [1.807, 2.05) is 20.8 Å². The lowest BCUT2D eigenvalue weighted by Crippen LogP contribution is -2.52. The molecular formula is C24H30N4O4S. The number of nitrogens with one attached hydrogen (secondary N) is 1. The summed E-state index contributed by atoms with van der Waals surface area (Å²) < 4.78 is 33.3. The number of hydrogen-bond acceptors (Lipinski definition) is 6. The molecule has 1 unspecified atom stereocenters. The van der Waals surface area contributed by atoms with Crippen molar-refractivity contribution in [2.24, 2.45) is 5.92 Å². The molecule has 0 saturated carbocycles. The second-order valence-electron chi connectivity index (χ2n) is 8.23. The Kier molecular flexibility index (Phi) is 7.95. The average Bonchev–Trinajstić information content (AvgIpc) is 2.81. The van der Waals surface area contributed by atoms with Crippen molar-refractivity contribution >= 4 is 21.6 Å². The monoisotopic (exact) mass is 470 g/mol. The summed E-state index contributed by atoms with van der Waals surface area (Å²) in [6.07, 6.45) is 0. The first-order chi connectivity index (χ1) is 15.7. The molecule has 1 heterocycles. The van der Waals surface area contributed by atoms with Crippen LogP contribution in [-0.4, -0.2) is 63.0 Å². The third kappa shape index (κ3) is 6.03. The van der Waals surface area contributed by atoms with Crippen LogP contribution in [0.5, 0.6) is 5.75 Å². The van der Waals surface area contributed by atoms with Crippen molar-refractivity contribution in [3.05, 3.63) is 54.1 Å². The number of ether oxygens (including phenoxy) is 1. The predicted molar refractivity (Wildman–Crippen MR) is 127 cm³/mol. The normalized spacial score (nSPS) is 15.7. The van der Waals surface area contributed by atoms with Crippen molar-refractivity contribution in [1.29, 1.82) is 5.26 Å². The Hall–Kier alpha value is -3.09. The SMILES string of the molecule is CCOc1ccc(NS(=O)(=O)c2ccc(C(=O)N3CCN(C(C#N)C(C)C)CC3)cc2)cc1. The summed E-state index contributed by atoms with van der Waals surface area (Å²) in [6, 6.07) is 14.8. The number of hydrogen-bond donors (Lipinski definition) is 1. The van der Waals surface area contributed by atoms with E-state index < -0.39 is 10.0 Å². The van der Waals surface area contributed by atoms with Crippen LogP contribution in [0.2, 0.25) is 0 Å². The molecule has 0 aliphatic carbocycles. The lowest BCUT2D eigenvalue weighted by molar-refractivity contribution is 0.0576. The first-order valence-corrected chi connectivity index (χ1v) is 12.5. The maximum absolute atomic E-state index is 12.9. The number of nitrogens with zero attached hydrogens (tertiary/aromatic N) is 3. The zero-order chi connectivity index (χ0) is 24.0. The quantitative estimate of drug-likeness (QED) is 0.636. The summed E-state index contributed by atoms with van der Waals surface area (Å²) in [5, 5.41) is 9.39. The van der Waals surface area contributed by atoms with Gasteiger partial charge in [0.05, 0.1) is 17.6 Å². The Balaban J connectivity index is 1.62. The number of piperazine rings is 1. The van der Waals surface area contributed by atoms with Gasteiger partial charge in [-0.05, 0) is 61.4 Å². The Morgan fingerprint density at radius 3 is 2.18 bits per heavy atom. The topological polar surface area (TPSA) is 103 Å². The molecule has 1 aliphatic rings. The van der Waals surface area contributed by atoms with Crippen LogP contribution in [0.4, 0.5) is 5.69 Å². The van der Waals surface area contributed by atoms with Gasteiger partial charge in [-0.1, -0.05) is 13.8 Å². The second-order valence-corrected chi connectivity index (χ2v) is 9.92. The van der Waals surface area contributed by atoms with Crippen molar-refractivity contribution in [2.75, 3.05) is 37.5 Å². The second kappa shape index (κ2) is 10.7. The van der Waals surface area contributed by atoms with Crippen molar-refractivity contribution in [2.45, 2.75) is 31.7 Å². The number of anilines is 1. The molecule has 1 atom stereocenters. The number of amides is 1. The Morgan fingerprint density at radius 1 is 1.06 bits per heavy atom. The Morgan fingerprint density at radius 2 is 1.67 bits per heavy atom. The van der Waals surface area contributed by atoms with Crippen LogP contribution in [0.25, 0.3) is 0 Å². The van der Waals surface area contributed by atoms with Gasteiger partial charge in [0.1, 0.15) is 11.8 Å². The number of sulfonamides is 1. The van der Waals surface area contributed by atoms with Gasteiger partial charge in [0.2, 0.25) is 0 Å². The highest BCUT2D eigenvalue weighted by Crippen LogP contribution is 2.21. The first kappa shape index (κ1) is 24.6.